The van der Waals surface area contributed by atoms with E-state index < -0.39 is 0 Å². The van der Waals surface area contributed by atoms with E-state index in [9.17, 15) is 4.79 Å². The molecule has 2 aromatic rings. The van der Waals surface area contributed by atoms with Crippen LogP contribution in [0.25, 0.3) is 11.0 Å². The number of carbonyl (C=O) groups excluding carboxylic acids is 1. The van der Waals surface area contributed by atoms with Crippen LogP contribution in [0.5, 0.6) is 0 Å². The highest BCUT2D eigenvalue weighted by Crippen LogP contribution is 2.34. The Balaban J connectivity index is 1.99. The number of rotatable bonds is 3. The van der Waals surface area contributed by atoms with Gasteiger partial charge in [-0.15, -0.1) is 0 Å². The van der Waals surface area contributed by atoms with Gasteiger partial charge in [-0.2, -0.15) is 5.10 Å². The maximum atomic E-state index is 12.0. The van der Waals surface area contributed by atoms with Crippen LogP contribution in [0.15, 0.2) is 0 Å². The lowest BCUT2D eigenvalue weighted by Gasteiger charge is -2.21. The quantitative estimate of drug-likeness (QED) is 0.904. The molecule has 0 spiro atoms. The fourth-order valence-corrected chi connectivity index (χ4v) is 3.77. The molecule has 1 fully saturated rings. The van der Waals surface area contributed by atoms with Crippen molar-refractivity contribution in [2.24, 2.45) is 13.0 Å². The highest BCUT2D eigenvalue weighted by molar-refractivity contribution is 6.36. The number of amides is 1. The van der Waals surface area contributed by atoms with E-state index >= 15 is 0 Å². The molecular weight excluding hydrogens is 314 g/mol. The zero-order valence-corrected chi connectivity index (χ0v) is 14.7. The number of carbonyl (C=O) groups is 1. The maximum absolute atomic E-state index is 12.0. The number of nitrogens with zero attached hydrogens (tertiary/aromatic N) is 3. The summed E-state index contributed by atoms with van der Waals surface area (Å²) < 4.78 is 1.74. The van der Waals surface area contributed by atoms with E-state index in [1.165, 1.54) is 0 Å². The van der Waals surface area contributed by atoms with E-state index in [0.717, 1.165) is 47.4 Å². The van der Waals surface area contributed by atoms with Gasteiger partial charge in [-0.1, -0.05) is 18.0 Å². The Hall–Kier alpha value is -1.82. The number of hydrogen-bond donors (Lipinski definition) is 2. The summed E-state index contributed by atoms with van der Waals surface area (Å²) in [5.74, 6) is 0.802. The van der Waals surface area contributed by atoms with Crippen molar-refractivity contribution in [3.8, 4) is 0 Å². The molecule has 0 aliphatic heterocycles. The lowest BCUT2D eigenvalue weighted by atomic mass is 10.0. The van der Waals surface area contributed by atoms with Crippen molar-refractivity contribution in [2.75, 3.05) is 12.4 Å². The molecule has 2 N–H and O–H groups in total. The topological polar surface area (TPSA) is 71.8 Å². The van der Waals surface area contributed by atoms with Gasteiger partial charge in [0, 0.05) is 25.7 Å². The van der Waals surface area contributed by atoms with Crippen LogP contribution in [0.1, 0.15) is 30.5 Å². The lowest BCUT2D eigenvalue weighted by Crippen LogP contribution is -2.36. The van der Waals surface area contributed by atoms with Crippen LogP contribution >= 0.6 is 11.6 Å². The van der Waals surface area contributed by atoms with Gasteiger partial charge >= 0.3 is 0 Å². The first kappa shape index (κ1) is 16.1. The Morgan fingerprint density at radius 3 is 2.78 bits per heavy atom. The first-order chi connectivity index (χ1) is 10.9. The minimum atomic E-state index is -0.0241. The summed E-state index contributed by atoms with van der Waals surface area (Å²) in [7, 11) is 3.54. The Kier molecular flexibility index (Phi) is 4.19. The molecule has 7 heteroatoms. The molecule has 2 atom stereocenters. The summed E-state index contributed by atoms with van der Waals surface area (Å²) in [6.07, 6.45) is 2.89. The molecule has 1 aliphatic carbocycles. The van der Waals surface area contributed by atoms with Gasteiger partial charge in [0.2, 0.25) is 5.91 Å². The summed E-state index contributed by atoms with van der Waals surface area (Å²) >= 11 is 6.55. The second-order valence-corrected chi connectivity index (χ2v) is 6.59. The van der Waals surface area contributed by atoms with Crippen LogP contribution in [0, 0.1) is 19.8 Å². The van der Waals surface area contributed by atoms with Crippen LogP contribution in [0.2, 0.25) is 5.02 Å². The SMILES string of the molecule is CNC(=O)[C@@H]1CCC[C@H]1Nc1nc2c(c(C)nn2C)c(Cl)c1C. The van der Waals surface area contributed by atoms with E-state index in [0.29, 0.717) is 5.02 Å². The van der Waals surface area contributed by atoms with Gasteiger partial charge in [0.05, 0.1) is 22.0 Å². The molecule has 0 unspecified atom stereocenters. The van der Waals surface area contributed by atoms with Crippen molar-refractivity contribution in [1.29, 1.82) is 0 Å². The van der Waals surface area contributed by atoms with E-state index in [2.05, 4.69) is 15.7 Å². The van der Waals surface area contributed by atoms with Gasteiger partial charge in [0.1, 0.15) is 5.82 Å². The first-order valence-electron chi connectivity index (χ1n) is 7.91. The summed E-state index contributed by atoms with van der Waals surface area (Å²) in [5.41, 5.74) is 2.53. The molecule has 124 valence electrons. The molecule has 0 bridgehead atoms. The third-order valence-electron chi connectivity index (χ3n) is 4.73. The molecule has 1 saturated carbocycles. The van der Waals surface area contributed by atoms with E-state index in [-0.39, 0.29) is 17.9 Å². The summed E-state index contributed by atoms with van der Waals surface area (Å²) in [6.45, 7) is 3.88. The van der Waals surface area contributed by atoms with Crippen molar-refractivity contribution in [1.82, 2.24) is 20.1 Å². The standard InChI is InChI=1S/C16H22ClN5O/c1-8-13(17)12-9(2)21-22(4)15(12)20-14(8)19-11-7-5-6-10(11)16(23)18-3/h10-11H,5-7H2,1-4H3,(H,18,23)(H,19,20)/t10-,11-/m1/s1. The minimum absolute atomic E-state index is 0.0241. The van der Waals surface area contributed by atoms with E-state index in [1.807, 2.05) is 20.9 Å². The van der Waals surface area contributed by atoms with Crippen molar-refractivity contribution in [2.45, 2.75) is 39.2 Å². The van der Waals surface area contributed by atoms with Gasteiger partial charge in [-0.3, -0.25) is 9.48 Å². The van der Waals surface area contributed by atoms with Crippen molar-refractivity contribution < 1.29 is 4.79 Å². The number of pyridine rings is 1. The lowest BCUT2D eigenvalue weighted by molar-refractivity contribution is -0.124. The number of aryl methyl sites for hydroxylation is 2. The summed E-state index contributed by atoms with van der Waals surface area (Å²) in [6, 6.07) is 0.0870. The Morgan fingerprint density at radius 2 is 2.09 bits per heavy atom. The molecular formula is C16H22ClN5O. The fraction of sp³-hybridized carbons (Fsp3) is 0.562. The Bertz CT molecular complexity index is 770. The smallest absolute Gasteiger partial charge is 0.224 e. The predicted octanol–water partition coefficient (Wildman–Crippen LogP) is 2.57. The van der Waals surface area contributed by atoms with Crippen LogP contribution in [0.3, 0.4) is 0 Å². The second-order valence-electron chi connectivity index (χ2n) is 6.21. The minimum Gasteiger partial charge on any atom is -0.366 e. The number of nitrogens with one attached hydrogen (secondary N) is 2. The predicted molar refractivity (Wildman–Crippen MR) is 91.8 cm³/mol. The van der Waals surface area contributed by atoms with Crippen molar-refractivity contribution >= 4 is 34.4 Å². The number of aromatic nitrogens is 3. The molecule has 23 heavy (non-hydrogen) atoms. The third kappa shape index (κ3) is 2.65. The van der Waals surface area contributed by atoms with Crippen molar-refractivity contribution in [3.05, 3.63) is 16.3 Å². The summed E-state index contributed by atoms with van der Waals surface area (Å²) in [5, 5.41) is 12.2. The van der Waals surface area contributed by atoms with Crippen molar-refractivity contribution in [3.63, 3.8) is 0 Å². The number of halogens is 1. The normalized spacial score (nSPS) is 20.9. The molecule has 2 aromatic heterocycles. The average Bonchev–Trinajstić information content (AvgIpc) is 3.08. The van der Waals surface area contributed by atoms with E-state index in [4.69, 9.17) is 16.6 Å². The van der Waals surface area contributed by atoms with Crippen LogP contribution < -0.4 is 10.6 Å². The second kappa shape index (κ2) is 6.00. The molecule has 3 rings (SSSR count). The molecule has 1 aliphatic rings. The highest BCUT2D eigenvalue weighted by Gasteiger charge is 2.33. The third-order valence-corrected chi connectivity index (χ3v) is 5.21. The zero-order chi connectivity index (χ0) is 16.7. The molecule has 2 heterocycles. The van der Waals surface area contributed by atoms with Gasteiger partial charge in [-0.25, -0.2) is 4.98 Å². The van der Waals surface area contributed by atoms with Crippen LogP contribution in [-0.4, -0.2) is 33.8 Å². The molecule has 0 radical (unpaired) electrons. The van der Waals surface area contributed by atoms with E-state index in [1.54, 1.807) is 11.7 Å². The zero-order valence-electron chi connectivity index (χ0n) is 13.9. The van der Waals surface area contributed by atoms with Gasteiger partial charge in [-0.05, 0) is 26.7 Å². The number of hydrogen-bond acceptors (Lipinski definition) is 4. The van der Waals surface area contributed by atoms with Gasteiger partial charge in [0.25, 0.3) is 0 Å². The summed E-state index contributed by atoms with van der Waals surface area (Å²) in [4.78, 5) is 16.7. The molecule has 6 nitrogen and oxygen atoms in total. The van der Waals surface area contributed by atoms with Gasteiger partial charge in [0.15, 0.2) is 5.65 Å². The highest BCUT2D eigenvalue weighted by atomic mass is 35.5. The van der Waals surface area contributed by atoms with Crippen LogP contribution in [0.4, 0.5) is 5.82 Å². The number of anilines is 1. The largest absolute Gasteiger partial charge is 0.366 e. The number of fused-ring (bicyclic) bond motifs is 1. The molecule has 1 amide bonds. The average molecular weight is 336 g/mol. The van der Waals surface area contributed by atoms with Gasteiger partial charge < -0.3 is 10.6 Å². The fourth-order valence-electron chi connectivity index (χ4n) is 3.46. The Morgan fingerprint density at radius 1 is 1.35 bits per heavy atom. The van der Waals surface area contributed by atoms with Crippen LogP contribution in [-0.2, 0) is 11.8 Å². The first-order valence-corrected chi connectivity index (χ1v) is 8.29. The molecule has 0 aromatic carbocycles. The Labute approximate surface area is 140 Å². The molecule has 0 saturated heterocycles. The monoisotopic (exact) mass is 335 g/mol. The maximum Gasteiger partial charge on any atom is 0.224 e.